The van der Waals surface area contributed by atoms with Gasteiger partial charge >= 0.3 is 0 Å². The lowest BCUT2D eigenvalue weighted by molar-refractivity contribution is 0.395. The zero-order valence-electron chi connectivity index (χ0n) is 16.2. The van der Waals surface area contributed by atoms with Crippen LogP contribution in [0.15, 0.2) is 67.0 Å². The Labute approximate surface area is 164 Å². The molecular weight excluding hydrogens is 350 g/mol. The van der Waals surface area contributed by atoms with Crippen LogP contribution in [0.3, 0.4) is 0 Å². The lowest BCUT2D eigenvalue weighted by Crippen LogP contribution is -2.04. The van der Waals surface area contributed by atoms with Gasteiger partial charge in [0, 0.05) is 23.4 Å². The summed E-state index contributed by atoms with van der Waals surface area (Å²) in [6, 6.07) is 20.3. The van der Waals surface area contributed by atoms with Crippen molar-refractivity contribution >= 4 is 11.0 Å². The Bertz CT molecular complexity index is 1130. The van der Waals surface area contributed by atoms with Gasteiger partial charge in [-0.15, -0.1) is 0 Å². The van der Waals surface area contributed by atoms with Crippen LogP contribution >= 0.6 is 0 Å². The molecule has 2 N–H and O–H groups in total. The van der Waals surface area contributed by atoms with E-state index in [0.717, 1.165) is 44.9 Å². The Morgan fingerprint density at radius 2 is 1.82 bits per heavy atom. The van der Waals surface area contributed by atoms with Crippen LogP contribution in [0.4, 0.5) is 0 Å². The second-order valence-electron chi connectivity index (χ2n) is 6.77. The lowest BCUT2D eigenvalue weighted by atomic mass is 10.0. The van der Waals surface area contributed by atoms with Gasteiger partial charge in [0.2, 0.25) is 0 Å². The van der Waals surface area contributed by atoms with Crippen LogP contribution in [-0.4, -0.2) is 23.8 Å². The van der Waals surface area contributed by atoms with Crippen molar-refractivity contribution in [2.24, 2.45) is 5.73 Å². The van der Waals surface area contributed by atoms with E-state index in [-0.39, 0.29) is 6.04 Å². The number of rotatable bonds is 5. The number of nitrogens with zero attached hydrogens (tertiary/aromatic N) is 2. The molecule has 142 valence electrons. The molecule has 1 unspecified atom stereocenters. The number of benzene rings is 3. The fourth-order valence-electron chi connectivity index (χ4n) is 3.38. The van der Waals surface area contributed by atoms with E-state index in [2.05, 4.69) is 39.9 Å². The van der Waals surface area contributed by atoms with Gasteiger partial charge in [-0.05, 0) is 54.4 Å². The first kappa shape index (κ1) is 18.1. The summed E-state index contributed by atoms with van der Waals surface area (Å²) >= 11 is 0. The third-order valence-electron chi connectivity index (χ3n) is 4.94. The van der Waals surface area contributed by atoms with Crippen molar-refractivity contribution in [2.75, 3.05) is 14.2 Å². The Kier molecular flexibility index (Phi) is 4.75. The van der Waals surface area contributed by atoms with Crippen LogP contribution in [0.2, 0.25) is 0 Å². The molecular formula is C23H23N3O2. The number of hydrogen-bond donors (Lipinski definition) is 1. The zero-order chi connectivity index (χ0) is 19.7. The highest BCUT2D eigenvalue weighted by Crippen LogP contribution is 2.34. The maximum atomic E-state index is 6.00. The fraction of sp³-hybridized carbons (Fsp3) is 0.174. The second-order valence-corrected chi connectivity index (χ2v) is 6.77. The van der Waals surface area contributed by atoms with E-state index >= 15 is 0 Å². The average Bonchev–Trinajstić information content (AvgIpc) is 3.16. The summed E-state index contributed by atoms with van der Waals surface area (Å²) in [5, 5.41) is 0. The topological polar surface area (TPSA) is 62.3 Å². The standard InChI is InChI=1S/C23H23N3O2/c1-15(24)16-7-10-22-21(12-16)25-14-26(22)18-6-4-5-17(11-18)20-9-8-19(27-2)13-23(20)28-3/h4-15H,24H2,1-3H3. The van der Waals surface area contributed by atoms with Gasteiger partial charge in [-0.25, -0.2) is 4.98 Å². The molecule has 0 aliphatic rings. The highest BCUT2D eigenvalue weighted by atomic mass is 16.5. The fourth-order valence-corrected chi connectivity index (χ4v) is 3.38. The minimum Gasteiger partial charge on any atom is -0.497 e. The molecule has 5 heteroatoms. The van der Waals surface area contributed by atoms with Gasteiger partial charge in [0.25, 0.3) is 0 Å². The Balaban J connectivity index is 1.79. The molecule has 0 saturated carbocycles. The van der Waals surface area contributed by atoms with Crippen molar-refractivity contribution in [3.63, 3.8) is 0 Å². The molecule has 1 heterocycles. The number of nitrogens with two attached hydrogens (primary N) is 1. The third kappa shape index (κ3) is 3.21. The van der Waals surface area contributed by atoms with E-state index in [4.69, 9.17) is 15.2 Å². The third-order valence-corrected chi connectivity index (χ3v) is 4.94. The summed E-state index contributed by atoms with van der Waals surface area (Å²) in [5.41, 5.74) is 12.2. The molecule has 0 spiro atoms. The average molecular weight is 373 g/mol. The Hall–Kier alpha value is -3.31. The molecule has 3 aromatic carbocycles. The first-order valence-electron chi connectivity index (χ1n) is 9.16. The van der Waals surface area contributed by atoms with Crippen LogP contribution in [0.25, 0.3) is 27.8 Å². The molecule has 5 nitrogen and oxygen atoms in total. The molecule has 1 atom stereocenters. The van der Waals surface area contributed by atoms with E-state index in [0.29, 0.717) is 0 Å². The van der Waals surface area contributed by atoms with Gasteiger partial charge in [-0.1, -0.05) is 18.2 Å². The molecule has 1 aromatic heterocycles. The number of fused-ring (bicyclic) bond motifs is 1. The summed E-state index contributed by atoms with van der Waals surface area (Å²) in [6.07, 6.45) is 1.85. The molecule has 0 amide bonds. The zero-order valence-corrected chi connectivity index (χ0v) is 16.2. The van der Waals surface area contributed by atoms with Crippen LogP contribution in [-0.2, 0) is 0 Å². The summed E-state index contributed by atoms with van der Waals surface area (Å²) < 4.78 is 13.0. The van der Waals surface area contributed by atoms with Crippen LogP contribution < -0.4 is 15.2 Å². The maximum absolute atomic E-state index is 6.00. The summed E-state index contributed by atoms with van der Waals surface area (Å²) in [6.45, 7) is 1.98. The number of imidazole rings is 1. The van der Waals surface area contributed by atoms with Crippen LogP contribution in [0.5, 0.6) is 11.5 Å². The number of aromatic nitrogens is 2. The van der Waals surface area contributed by atoms with Gasteiger partial charge in [0.1, 0.15) is 17.8 Å². The molecule has 0 bridgehead atoms. The molecule has 0 saturated heterocycles. The van der Waals surface area contributed by atoms with Gasteiger partial charge in [-0.3, -0.25) is 4.57 Å². The first-order chi connectivity index (χ1) is 13.6. The summed E-state index contributed by atoms with van der Waals surface area (Å²) in [4.78, 5) is 4.56. The monoisotopic (exact) mass is 373 g/mol. The minimum atomic E-state index is -0.0135. The lowest BCUT2D eigenvalue weighted by Gasteiger charge is -2.12. The largest absolute Gasteiger partial charge is 0.497 e. The molecule has 0 fully saturated rings. The van der Waals surface area contributed by atoms with Gasteiger partial charge in [0.15, 0.2) is 0 Å². The highest BCUT2D eigenvalue weighted by molar-refractivity contribution is 5.79. The molecule has 28 heavy (non-hydrogen) atoms. The van der Waals surface area contributed by atoms with Gasteiger partial charge < -0.3 is 15.2 Å². The van der Waals surface area contributed by atoms with Crippen molar-refractivity contribution in [1.29, 1.82) is 0 Å². The van der Waals surface area contributed by atoms with Crippen molar-refractivity contribution in [3.8, 4) is 28.3 Å². The normalized spacial score (nSPS) is 12.1. The number of methoxy groups -OCH3 is 2. The SMILES string of the molecule is COc1ccc(-c2cccc(-n3cnc4cc(C(C)N)ccc43)c2)c(OC)c1. The van der Waals surface area contributed by atoms with Crippen LogP contribution in [0, 0.1) is 0 Å². The quantitative estimate of drug-likeness (QED) is 0.549. The van der Waals surface area contributed by atoms with Crippen molar-refractivity contribution in [1.82, 2.24) is 9.55 Å². The maximum Gasteiger partial charge on any atom is 0.130 e. The molecule has 0 radical (unpaired) electrons. The minimum absolute atomic E-state index is 0.0135. The molecule has 4 rings (SSSR count). The summed E-state index contributed by atoms with van der Waals surface area (Å²) in [7, 11) is 3.32. The second kappa shape index (κ2) is 7.37. The van der Waals surface area contributed by atoms with Crippen LogP contribution in [0.1, 0.15) is 18.5 Å². The van der Waals surface area contributed by atoms with E-state index < -0.39 is 0 Å². The summed E-state index contributed by atoms with van der Waals surface area (Å²) in [5.74, 6) is 1.54. The Morgan fingerprint density at radius 1 is 0.964 bits per heavy atom. The van der Waals surface area contributed by atoms with Crippen molar-refractivity contribution in [3.05, 3.63) is 72.6 Å². The highest BCUT2D eigenvalue weighted by Gasteiger charge is 2.11. The van der Waals surface area contributed by atoms with E-state index in [1.54, 1.807) is 14.2 Å². The number of hydrogen-bond acceptors (Lipinski definition) is 4. The number of ether oxygens (including phenoxy) is 2. The smallest absolute Gasteiger partial charge is 0.130 e. The Morgan fingerprint density at radius 3 is 2.57 bits per heavy atom. The molecule has 4 aromatic rings. The van der Waals surface area contributed by atoms with Crippen molar-refractivity contribution < 1.29 is 9.47 Å². The van der Waals surface area contributed by atoms with Crippen molar-refractivity contribution in [2.45, 2.75) is 13.0 Å². The first-order valence-corrected chi connectivity index (χ1v) is 9.16. The van der Waals surface area contributed by atoms with E-state index in [1.165, 1.54) is 0 Å². The van der Waals surface area contributed by atoms with Gasteiger partial charge in [-0.2, -0.15) is 0 Å². The predicted octanol–water partition coefficient (Wildman–Crippen LogP) is 4.73. The van der Waals surface area contributed by atoms with E-state index in [1.807, 2.05) is 43.6 Å². The molecule has 0 aliphatic carbocycles. The van der Waals surface area contributed by atoms with E-state index in [9.17, 15) is 0 Å². The van der Waals surface area contributed by atoms with Gasteiger partial charge in [0.05, 0.1) is 25.3 Å². The predicted molar refractivity (Wildman–Crippen MR) is 112 cm³/mol. The molecule has 0 aliphatic heterocycles.